The zero-order valence-corrected chi connectivity index (χ0v) is 24.3. The van der Waals surface area contributed by atoms with Crippen LogP contribution in [0.25, 0.3) is 10.9 Å². The Morgan fingerprint density at radius 3 is 2.52 bits per heavy atom. The molecule has 0 bridgehead atoms. The molecule has 1 saturated heterocycles. The van der Waals surface area contributed by atoms with Crippen molar-refractivity contribution in [2.45, 2.75) is 77.5 Å². The Morgan fingerprint density at radius 2 is 1.88 bits per heavy atom. The largest absolute Gasteiger partial charge is 0.444 e. The van der Waals surface area contributed by atoms with E-state index in [0.29, 0.717) is 12.7 Å². The van der Waals surface area contributed by atoms with Gasteiger partial charge in [0.25, 0.3) is 0 Å². The second kappa shape index (κ2) is 14.1. The summed E-state index contributed by atoms with van der Waals surface area (Å²) in [5.74, 6) is 0.328. The molecule has 2 atom stereocenters. The van der Waals surface area contributed by atoms with E-state index >= 15 is 0 Å². The van der Waals surface area contributed by atoms with Crippen molar-refractivity contribution in [2.75, 3.05) is 13.1 Å². The third-order valence-corrected chi connectivity index (χ3v) is 6.60. The van der Waals surface area contributed by atoms with Gasteiger partial charge in [0.15, 0.2) is 0 Å². The van der Waals surface area contributed by atoms with Crippen LogP contribution in [0.3, 0.4) is 0 Å². The molecule has 9 heteroatoms. The maximum absolute atomic E-state index is 12.6. The highest BCUT2D eigenvalue weighted by atomic mass is 16.6. The zero-order valence-electron chi connectivity index (χ0n) is 24.3. The molecule has 4 rings (SSSR count). The van der Waals surface area contributed by atoms with Crippen molar-refractivity contribution in [3.8, 4) is 0 Å². The third kappa shape index (κ3) is 9.79. The number of rotatable bonds is 8. The van der Waals surface area contributed by atoms with Gasteiger partial charge in [-0.05, 0) is 96.7 Å². The number of fused-ring (bicyclic) bond motifs is 1. The SMILES string of the molecule is CC(C)(C)OC(=O)NC(C)(C)C(=O)NC(C=O)Cc1c[nH]c2ccccc12.c1ccc(C[C@H]2CCCNC2)nc1. The molecule has 1 fully saturated rings. The van der Waals surface area contributed by atoms with E-state index in [1.54, 1.807) is 34.6 Å². The number of aromatic amines is 1. The van der Waals surface area contributed by atoms with Crippen LogP contribution in [0.15, 0.2) is 54.9 Å². The maximum atomic E-state index is 12.6. The number of para-hydroxylation sites is 1. The van der Waals surface area contributed by atoms with E-state index in [-0.39, 0.29) is 0 Å². The van der Waals surface area contributed by atoms with E-state index in [1.165, 1.54) is 25.1 Å². The lowest BCUT2D eigenvalue weighted by Gasteiger charge is -2.28. The molecular formula is C31H43N5O4. The van der Waals surface area contributed by atoms with Crippen LogP contribution < -0.4 is 16.0 Å². The summed E-state index contributed by atoms with van der Waals surface area (Å²) in [4.78, 5) is 43.5. The van der Waals surface area contributed by atoms with Gasteiger partial charge < -0.3 is 30.5 Å². The van der Waals surface area contributed by atoms with E-state index in [9.17, 15) is 14.4 Å². The molecule has 40 heavy (non-hydrogen) atoms. The number of amides is 2. The first-order valence-corrected chi connectivity index (χ1v) is 13.9. The fourth-order valence-corrected chi connectivity index (χ4v) is 4.55. The van der Waals surface area contributed by atoms with Crippen LogP contribution >= 0.6 is 0 Å². The predicted molar refractivity (Wildman–Crippen MR) is 157 cm³/mol. The number of carbonyl (C=O) groups is 3. The van der Waals surface area contributed by atoms with Crippen molar-refractivity contribution in [3.63, 3.8) is 0 Å². The fraction of sp³-hybridized carbons (Fsp3) is 0.484. The zero-order chi connectivity index (χ0) is 29.2. The van der Waals surface area contributed by atoms with Crippen molar-refractivity contribution >= 4 is 29.2 Å². The molecule has 9 nitrogen and oxygen atoms in total. The molecule has 2 amide bonds. The Labute approximate surface area is 236 Å². The number of piperidine rings is 1. The number of hydrogen-bond acceptors (Lipinski definition) is 6. The highest BCUT2D eigenvalue weighted by Crippen LogP contribution is 2.19. The van der Waals surface area contributed by atoms with Gasteiger partial charge in [-0.15, -0.1) is 0 Å². The second-order valence-electron chi connectivity index (χ2n) is 11.8. The minimum absolute atomic E-state index is 0.349. The van der Waals surface area contributed by atoms with Crippen LogP contribution in [-0.2, 0) is 27.2 Å². The Kier molecular flexibility index (Phi) is 10.8. The number of aldehydes is 1. The number of nitrogens with one attached hydrogen (secondary N) is 4. The molecule has 216 valence electrons. The first-order chi connectivity index (χ1) is 19.0. The molecule has 0 radical (unpaired) electrons. The lowest BCUT2D eigenvalue weighted by Crippen LogP contribution is -2.57. The summed E-state index contributed by atoms with van der Waals surface area (Å²) in [6, 6.07) is 13.2. The Bertz CT molecular complexity index is 1240. The molecule has 2 aromatic heterocycles. The molecule has 1 unspecified atom stereocenters. The predicted octanol–water partition coefficient (Wildman–Crippen LogP) is 4.32. The van der Waals surface area contributed by atoms with Crippen LogP contribution in [0.1, 0.15) is 58.7 Å². The van der Waals surface area contributed by atoms with Crippen LogP contribution in [-0.4, -0.2) is 58.5 Å². The standard InChI is InChI=1S/C20H27N3O4.C11H16N2/c1-19(2,3)27-18(26)23-20(4,5)17(25)22-14(12-24)10-13-11-21-16-9-7-6-8-15(13)16;1-2-7-13-11(5-1)8-10-4-3-6-12-9-10/h6-9,11-12,14,21H,10H2,1-5H3,(H,22,25)(H,23,26);1-2,5,7,10,12H,3-4,6,8-9H2/t;10-/m.1/s1. The lowest BCUT2D eigenvalue weighted by atomic mass is 9.94. The molecule has 3 aromatic rings. The molecule has 0 aliphatic carbocycles. The van der Waals surface area contributed by atoms with Crippen molar-refractivity contribution in [1.82, 2.24) is 25.9 Å². The summed E-state index contributed by atoms with van der Waals surface area (Å²) in [7, 11) is 0. The molecule has 0 saturated carbocycles. The number of H-pyrrole nitrogens is 1. The molecule has 1 aromatic carbocycles. The Hall–Kier alpha value is -3.72. The first kappa shape index (κ1) is 30.8. The number of alkyl carbamates (subject to hydrolysis) is 1. The summed E-state index contributed by atoms with van der Waals surface area (Å²) in [5, 5.41) is 9.65. The average molecular weight is 550 g/mol. The third-order valence-electron chi connectivity index (χ3n) is 6.60. The van der Waals surface area contributed by atoms with Gasteiger partial charge in [-0.2, -0.15) is 0 Å². The topological polar surface area (TPSA) is 125 Å². The minimum Gasteiger partial charge on any atom is -0.444 e. The lowest BCUT2D eigenvalue weighted by molar-refractivity contribution is -0.128. The van der Waals surface area contributed by atoms with E-state index in [0.717, 1.165) is 35.3 Å². The van der Waals surface area contributed by atoms with Crippen molar-refractivity contribution in [3.05, 3.63) is 66.1 Å². The number of hydrogen-bond donors (Lipinski definition) is 4. The Morgan fingerprint density at radius 1 is 1.12 bits per heavy atom. The van der Waals surface area contributed by atoms with Gasteiger partial charge in [0.05, 0.1) is 6.04 Å². The first-order valence-electron chi connectivity index (χ1n) is 13.9. The smallest absolute Gasteiger partial charge is 0.408 e. The molecule has 3 heterocycles. The minimum atomic E-state index is -1.23. The van der Waals surface area contributed by atoms with Gasteiger partial charge in [-0.3, -0.25) is 9.78 Å². The highest BCUT2D eigenvalue weighted by molar-refractivity contribution is 5.91. The molecule has 4 N–H and O–H groups in total. The molecule has 0 spiro atoms. The van der Waals surface area contributed by atoms with Crippen LogP contribution in [0.4, 0.5) is 4.79 Å². The second-order valence-corrected chi connectivity index (χ2v) is 11.8. The van der Waals surface area contributed by atoms with Crippen molar-refractivity contribution in [1.29, 1.82) is 0 Å². The van der Waals surface area contributed by atoms with E-state index < -0.39 is 29.2 Å². The number of carbonyl (C=O) groups excluding carboxylic acids is 3. The summed E-state index contributed by atoms with van der Waals surface area (Å²) in [6.07, 6.45) is 7.87. The van der Waals surface area contributed by atoms with E-state index in [4.69, 9.17) is 4.74 Å². The number of nitrogens with zero attached hydrogens (tertiary/aromatic N) is 1. The van der Waals surface area contributed by atoms with Gasteiger partial charge in [-0.25, -0.2) is 4.79 Å². The number of benzene rings is 1. The number of ether oxygens (including phenoxy) is 1. The maximum Gasteiger partial charge on any atom is 0.408 e. The summed E-state index contributed by atoms with van der Waals surface area (Å²) < 4.78 is 5.18. The Balaban J connectivity index is 0.000000281. The molecular weight excluding hydrogens is 506 g/mol. The normalized spacial score (nSPS) is 16.3. The molecule has 1 aliphatic rings. The highest BCUT2D eigenvalue weighted by Gasteiger charge is 2.33. The monoisotopic (exact) mass is 549 g/mol. The van der Waals surface area contributed by atoms with Crippen LogP contribution in [0.2, 0.25) is 0 Å². The van der Waals surface area contributed by atoms with Crippen LogP contribution in [0, 0.1) is 5.92 Å². The quantitative estimate of drug-likeness (QED) is 0.310. The summed E-state index contributed by atoms with van der Waals surface area (Å²) in [5.41, 5.74) is 1.23. The van der Waals surface area contributed by atoms with Gasteiger partial charge in [0.2, 0.25) is 5.91 Å². The number of pyridine rings is 1. The van der Waals surface area contributed by atoms with Crippen molar-refractivity contribution in [2.24, 2.45) is 5.92 Å². The number of aromatic nitrogens is 2. The molecule has 1 aliphatic heterocycles. The van der Waals surface area contributed by atoms with Crippen molar-refractivity contribution < 1.29 is 19.1 Å². The van der Waals surface area contributed by atoms with E-state index in [1.807, 2.05) is 42.7 Å². The average Bonchev–Trinajstić information content (AvgIpc) is 3.31. The van der Waals surface area contributed by atoms with Gasteiger partial charge in [0.1, 0.15) is 17.4 Å². The van der Waals surface area contributed by atoms with Gasteiger partial charge in [0, 0.05) is 35.4 Å². The fourth-order valence-electron chi connectivity index (χ4n) is 4.55. The summed E-state index contributed by atoms with van der Waals surface area (Å²) >= 11 is 0. The van der Waals surface area contributed by atoms with Gasteiger partial charge >= 0.3 is 6.09 Å². The van der Waals surface area contributed by atoms with Gasteiger partial charge in [-0.1, -0.05) is 24.3 Å². The summed E-state index contributed by atoms with van der Waals surface area (Å²) in [6.45, 7) is 10.7. The van der Waals surface area contributed by atoms with E-state index in [2.05, 4.69) is 38.1 Å². The van der Waals surface area contributed by atoms with Crippen LogP contribution in [0.5, 0.6) is 0 Å².